The van der Waals surface area contributed by atoms with Gasteiger partial charge in [0.25, 0.3) is 0 Å². The van der Waals surface area contributed by atoms with Crippen LogP contribution in [0.25, 0.3) is 11.1 Å². The van der Waals surface area contributed by atoms with Crippen molar-refractivity contribution in [3.8, 4) is 16.9 Å². The standard InChI is InChI=1S/C25H24N4O2/c1-15-7-5-8-19(13-15)21-9-6-10-22(24(21)30)26-27-23-18(4)28-29(25(23)31)20-12-11-16(2)17(3)14-20/h5-14,26,30H,1-4H3/b27-23-. The number of phenolic OH excluding ortho intramolecular Hbond substituents is 1. The minimum atomic E-state index is -0.317. The van der Waals surface area contributed by atoms with E-state index < -0.39 is 0 Å². The summed E-state index contributed by atoms with van der Waals surface area (Å²) in [6, 6.07) is 19.0. The zero-order valence-electron chi connectivity index (χ0n) is 18.0. The predicted molar refractivity (Wildman–Crippen MR) is 126 cm³/mol. The molecule has 156 valence electrons. The van der Waals surface area contributed by atoms with Crippen LogP contribution in [0.4, 0.5) is 11.4 Å². The van der Waals surface area contributed by atoms with Crippen LogP contribution in [-0.2, 0) is 4.79 Å². The third-order valence-corrected chi connectivity index (χ3v) is 5.38. The highest BCUT2D eigenvalue weighted by molar-refractivity contribution is 6.71. The van der Waals surface area contributed by atoms with Gasteiger partial charge >= 0.3 is 5.91 Å². The molecular formula is C25H24N4O2. The molecule has 2 N–H and O–H groups in total. The summed E-state index contributed by atoms with van der Waals surface area (Å²) in [7, 11) is 0. The molecule has 6 nitrogen and oxygen atoms in total. The van der Waals surface area contributed by atoms with Gasteiger partial charge in [-0.15, -0.1) is 0 Å². The molecule has 0 saturated carbocycles. The van der Waals surface area contributed by atoms with Crippen LogP contribution >= 0.6 is 0 Å². The fourth-order valence-electron chi connectivity index (χ4n) is 3.45. The summed E-state index contributed by atoms with van der Waals surface area (Å²) < 4.78 is 0. The molecule has 3 aromatic rings. The molecule has 0 aliphatic carbocycles. The Bertz CT molecular complexity index is 1240. The summed E-state index contributed by atoms with van der Waals surface area (Å²) in [5.41, 5.74) is 9.59. The summed E-state index contributed by atoms with van der Waals surface area (Å²) in [6.07, 6.45) is 0. The van der Waals surface area contributed by atoms with Gasteiger partial charge in [-0.3, -0.25) is 10.2 Å². The topological polar surface area (TPSA) is 77.3 Å². The molecule has 0 bridgehead atoms. The number of carbonyl (C=O) groups excluding carboxylic acids is 1. The SMILES string of the molecule is CC1=NN(c2ccc(C)c(C)c2)C(=O)/C1=N\Nc1cccc(-c2cccc(C)c2)c1O. The molecule has 0 spiro atoms. The maximum atomic E-state index is 12.9. The van der Waals surface area contributed by atoms with Crippen LogP contribution in [0.5, 0.6) is 5.75 Å². The molecule has 1 heterocycles. The maximum Gasteiger partial charge on any atom is 0.301 e. The Morgan fingerprint density at radius 3 is 2.45 bits per heavy atom. The minimum absolute atomic E-state index is 0.0727. The van der Waals surface area contributed by atoms with Gasteiger partial charge in [-0.25, -0.2) is 0 Å². The van der Waals surface area contributed by atoms with E-state index >= 15 is 0 Å². The van der Waals surface area contributed by atoms with Crippen molar-refractivity contribution in [1.82, 2.24) is 0 Å². The lowest BCUT2D eigenvalue weighted by atomic mass is 10.0. The zero-order valence-corrected chi connectivity index (χ0v) is 18.0. The van der Waals surface area contributed by atoms with Gasteiger partial charge in [0.1, 0.15) is 5.75 Å². The van der Waals surface area contributed by atoms with E-state index in [1.807, 2.05) is 75.4 Å². The molecule has 0 unspecified atom stereocenters. The number of hydrogen-bond donors (Lipinski definition) is 2. The van der Waals surface area contributed by atoms with Crippen molar-refractivity contribution < 1.29 is 9.90 Å². The molecule has 1 amide bonds. The average molecular weight is 412 g/mol. The number of nitrogens with one attached hydrogen (secondary N) is 1. The van der Waals surface area contributed by atoms with Crippen LogP contribution in [0, 0.1) is 20.8 Å². The first kappa shape index (κ1) is 20.3. The highest BCUT2D eigenvalue weighted by Crippen LogP contribution is 2.35. The number of para-hydroxylation sites is 1. The van der Waals surface area contributed by atoms with Gasteiger partial charge in [-0.05, 0) is 62.6 Å². The van der Waals surface area contributed by atoms with Gasteiger partial charge in [0, 0.05) is 5.56 Å². The first-order valence-electron chi connectivity index (χ1n) is 10.0. The monoisotopic (exact) mass is 412 g/mol. The van der Waals surface area contributed by atoms with E-state index in [1.54, 1.807) is 13.0 Å². The van der Waals surface area contributed by atoms with Crippen molar-refractivity contribution in [3.05, 3.63) is 77.4 Å². The highest BCUT2D eigenvalue weighted by Gasteiger charge is 2.31. The van der Waals surface area contributed by atoms with Crippen molar-refractivity contribution in [2.24, 2.45) is 10.2 Å². The Balaban J connectivity index is 1.60. The third kappa shape index (κ3) is 3.92. The molecule has 0 radical (unpaired) electrons. The molecule has 0 atom stereocenters. The van der Waals surface area contributed by atoms with Crippen molar-refractivity contribution in [2.45, 2.75) is 27.7 Å². The maximum absolute atomic E-state index is 12.9. The largest absolute Gasteiger partial charge is 0.505 e. The number of nitrogens with zero attached hydrogens (tertiary/aromatic N) is 3. The number of amides is 1. The van der Waals surface area contributed by atoms with Gasteiger partial charge in [0.05, 0.1) is 17.1 Å². The summed E-state index contributed by atoms with van der Waals surface area (Å²) >= 11 is 0. The van der Waals surface area contributed by atoms with Gasteiger partial charge < -0.3 is 5.11 Å². The van der Waals surface area contributed by atoms with Crippen LogP contribution in [0.2, 0.25) is 0 Å². The molecule has 0 aromatic heterocycles. The zero-order chi connectivity index (χ0) is 22.1. The number of hydrazone groups is 2. The van der Waals surface area contributed by atoms with Crippen LogP contribution in [0.1, 0.15) is 23.6 Å². The lowest BCUT2D eigenvalue weighted by Gasteiger charge is -2.13. The Morgan fingerprint density at radius 1 is 0.935 bits per heavy atom. The van der Waals surface area contributed by atoms with E-state index in [1.165, 1.54) is 5.01 Å². The second-order valence-corrected chi connectivity index (χ2v) is 7.71. The van der Waals surface area contributed by atoms with Crippen LogP contribution in [0.15, 0.2) is 70.9 Å². The molecule has 6 heteroatoms. The van der Waals surface area contributed by atoms with Crippen LogP contribution in [-0.4, -0.2) is 22.4 Å². The normalized spacial score (nSPS) is 14.8. The number of carbonyl (C=O) groups is 1. The van der Waals surface area contributed by atoms with Crippen molar-refractivity contribution in [1.29, 1.82) is 0 Å². The molecule has 4 rings (SSSR count). The summed E-state index contributed by atoms with van der Waals surface area (Å²) in [5.74, 6) is -0.244. The van der Waals surface area contributed by atoms with Gasteiger partial charge in [-0.1, -0.05) is 48.0 Å². The van der Waals surface area contributed by atoms with Gasteiger partial charge in [0.15, 0.2) is 5.71 Å². The number of benzene rings is 3. The average Bonchev–Trinajstić information content (AvgIpc) is 3.03. The fraction of sp³-hybridized carbons (Fsp3) is 0.160. The number of anilines is 2. The van der Waals surface area contributed by atoms with Gasteiger partial charge in [0.2, 0.25) is 0 Å². The molecule has 1 aliphatic heterocycles. The molecule has 31 heavy (non-hydrogen) atoms. The first-order valence-corrected chi connectivity index (χ1v) is 10.0. The number of aryl methyl sites for hydroxylation is 3. The fourth-order valence-corrected chi connectivity index (χ4v) is 3.45. The van der Waals surface area contributed by atoms with Crippen molar-refractivity contribution >= 4 is 28.7 Å². The smallest absolute Gasteiger partial charge is 0.301 e. The quantitative estimate of drug-likeness (QED) is 0.458. The van der Waals surface area contributed by atoms with Crippen molar-refractivity contribution in [2.75, 3.05) is 10.4 Å². The van der Waals surface area contributed by atoms with Crippen LogP contribution < -0.4 is 10.4 Å². The van der Waals surface area contributed by atoms with E-state index in [0.29, 0.717) is 22.6 Å². The second-order valence-electron chi connectivity index (χ2n) is 7.71. The van der Waals surface area contributed by atoms with Crippen LogP contribution in [0.3, 0.4) is 0 Å². The van der Waals surface area contributed by atoms with Crippen molar-refractivity contribution in [3.63, 3.8) is 0 Å². The molecule has 0 fully saturated rings. The van der Waals surface area contributed by atoms with E-state index in [9.17, 15) is 9.90 Å². The lowest BCUT2D eigenvalue weighted by molar-refractivity contribution is -0.112. The lowest BCUT2D eigenvalue weighted by Crippen LogP contribution is -2.28. The van der Waals surface area contributed by atoms with E-state index in [0.717, 1.165) is 22.3 Å². The Kier molecular flexibility index (Phi) is 5.29. The first-order chi connectivity index (χ1) is 14.8. The number of hydrogen-bond acceptors (Lipinski definition) is 5. The summed E-state index contributed by atoms with van der Waals surface area (Å²) in [5, 5.41) is 20.8. The van der Waals surface area contributed by atoms with Gasteiger partial charge in [-0.2, -0.15) is 15.2 Å². The number of aromatic hydroxyl groups is 1. The summed E-state index contributed by atoms with van der Waals surface area (Å²) in [4.78, 5) is 12.9. The van der Waals surface area contributed by atoms with E-state index in [-0.39, 0.29) is 17.4 Å². The molecule has 0 saturated heterocycles. The number of phenols is 1. The molecule has 3 aromatic carbocycles. The van der Waals surface area contributed by atoms with E-state index in [2.05, 4.69) is 15.6 Å². The minimum Gasteiger partial charge on any atom is -0.505 e. The predicted octanol–water partition coefficient (Wildman–Crippen LogP) is 5.18. The second kappa shape index (κ2) is 8.07. The molecular weight excluding hydrogens is 388 g/mol. The highest BCUT2D eigenvalue weighted by atomic mass is 16.3. The van der Waals surface area contributed by atoms with E-state index in [4.69, 9.17) is 0 Å². The Morgan fingerprint density at radius 2 is 1.71 bits per heavy atom. The Hall–Kier alpha value is -3.93. The third-order valence-electron chi connectivity index (χ3n) is 5.38. The Labute approximate surface area is 181 Å². The summed E-state index contributed by atoms with van der Waals surface area (Å²) in [6.45, 7) is 7.76. The molecule has 1 aliphatic rings. The number of rotatable bonds is 4.